The molecule has 0 aliphatic carbocycles. The minimum Gasteiger partial charge on any atom is -0.475 e. The van der Waals surface area contributed by atoms with E-state index in [0.29, 0.717) is 24.9 Å². The average molecular weight is 458 g/mol. The summed E-state index contributed by atoms with van der Waals surface area (Å²) in [6.07, 6.45) is -2.48. The number of piperidine rings is 1. The molecule has 1 aromatic carbocycles. The lowest BCUT2D eigenvalue weighted by atomic mass is 9.83. The van der Waals surface area contributed by atoms with Crippen LogP contribution in [0.2, 0.25) is 0 Å². The van der Waals surface area contributed by atoms with Gasteiger partial charge in [-0.2, -0.15) is 13.2 Å². The predicted octanol–water partition coefficient (Wildman–Crippen LogP) is 3.02. The lowest BCUT2D eigenvalue weighted by molar-refractivity contribution is -0.192. The Kier molecular flexibility index (Phi) is 8.13. The van der Waals surface area contributed by atoms with Crippen LogP contribution < -0.4 is 0 Å². The van der Waals surface area contributed by atoms with E-state index in [1.54, 1.807) is 0 Å². The number of likely N-dealkylation sites (tertiary alicyclic amines) is 1. The molecule has 3 saturated heterocycles. The first-order chi connectivity index (χ1) is 15.1. The monoisotopic (exact) mass is 458 g/mol. The summed E-state index contributed by atoms with van der Waals surface area (Å²) in [4.78, 5) is 29.1. The summed E-state index contributed by atoms with van der Waals surface area (Å²) in [5, 5.41) is 8.66. The van der Waals surface area contributed by atoms with Gasteiger partial charge in [-0.1, -0.05) is 29.8 Å². The molecule has 178 valence electrons. The quantitative estimate of drug-likeness (QED) is 0.747. The molecule has 1 aromatic rings. The van der Waals surface area contributed by atoms with E-state index in [4.69, 9.17) is 19.5 Å². The van der Waals surface area contributed by atoms with Gasteiger partial charge in [0.05, 0.1) is 32.3 Å². The molecule has 3 aliphatic heterocycles. The number of halogens is 3. The minimum absolute atomic E-state index is 0.0721. The maximum atomic E-state index is 12.3. The Morgan fingerprint density at radius 1 is 1.25 bits per heavy atom. The molecule has 0 radical (unpaired) electrons. The van der Waals surface area contributed by atoms with Crippen LogP contribution >= 0.6 is 0 Å². The molecular formula is C22H29F3N2O5. The summed E-state index contributed by atoms with van der Waals surface area (Å²) in [5.74, 6) is -1.60. The Bertz CT molecular complexity index is 798. The number of benzene rings is 1. The molecule has 4 rings (SSSR count). The van der Waals surface area contributed by atoms with Crippen LogP contribution in [0.4, 0.5) is 13.2 Å². The van der Waals surface area contributed by atoms with Crippen LogP contribution in [0.5, 0.6) is 0 Å². The van der Waals surface area contributed by atoms with Crippen molar-refractivity contribution in [2.24, 2.45) is 11.8 Å². The fraction of sp³-hybridized carbons (Fsp3) is 0.636. The van der Waals surface area contributed by atoms with Gasteiger partial charge in [0.1, 0.15) is 0 Å². The standard InChI is InChI=1S/C20H28N2O3.C2HF3O2/c1-15-4-2-5-16(10-15)12-21-8-6-18-17(13-21)14-24-19(18)11-20(23)22-7-3-9-25-22;3-2(4,5)1(6)7/h2,4-5,10,17-19H,3,6-9,11-14H2,1H3;(H,6,7)/t17-,18-,19+;/m1./s1. The first kappa shape index (κ1) is 24.5. The number of hydroxylamine groups is 2. The van der Waals surface area contributed by atoms with Crippen molar-refractivity contribution < 1.29 is 37.4 Å². The van der Waals surface area contributed by atoms with Crippen molar-refractivity contribution in [3.8, 4) is 0 Å². The van der Waals surface area contributed by atoms with Gasteiger partial charge in [-0.25, -0.2) is 9.86 Å². The first-order valence-corrected chi connectivity index (χ1v) is 10.8. The second kappa shape index (κ2) is 10.6. The third-order valence-corrected chi connectivity index (χ3v) is 6.02. The minimum atomic E-state index is -5.08. The van der Waals surface area contributed by atoms with Crippen LogP contribution in [0, 0.1) is 18.8 Å². The lowest BCUT2D eigenvalue weighted by Gasteiger charge is -2.35. The number of hydrogen-bond acceptors (Lipinski definition) is 5. The molecule has 0 bridgehead atoms. The van der Waals surface area contributed by atoms with E-state index >= 15 is 0 Å². The molecule has 0 saturated carbocycles. The van der Waals surface area contributed by atoms with Gasteiger partial charge in [-0.15, -0.1) is 0 Å². The third kappa shape index (κ3) is 6.66. The molecule has 3 heterocycles. The summed E-state index contributed by atoms with van der Waals surface area (Å²) in [6, 6.07) is 8.76. The highest BCUT2D eigenvalue weighted by Gasteiger charge is 2.42. The summed E-state index contributed by atoms with van der Waals surface area (Å²) in [6.45, 7) is 7.49. The summed E-state index contributed by atoms with van der Waals surface area (Å²) < 4.78 is 37.8. The Morgan fingerprint density at radius 2 is 2.00 bits per heavy atom. The van der Waals surface area contributed by atoms with Crippen molar-refractivity contribution in [2.75, 3.05) is 32.8 Å². The molecule has 32 heavy (non-hydrogen) atoms. The Morgan fingerprint density at radius 3 is 2.62 bits per heavy atom. The number of carboxylic acid groups (broad SMARTS) is 1. The molecule has 0 spiro atoms. The fourth-order valence-electron chi connectivity index (χ4n) is 4.50. The molecular weight excluding hydrogens is 429 g/mol. The van der Waals surface area contributed by atoms with E-state index in [0.717, 1.165) is 45.6 Å². The Labute approximate surface area is 185 Å². The highest BCUT2D eigenvalue weighted by molar-refractivity contribution is 5.75. The van der Waals surface area contributed by atoms with Crippen molar-refractivity contribution in [1.29, 1.82) is 0 Å². The maximum absolute atomic E-state index is 12.3. The zero-order valence-corrected chi connectivity index (χ0v) is 18.0. The largest absolute Gasteiger partial charge is 0.490 e. The number of rotatable bonds is 4. The number of nitrogens with zero attached hydrogens (tertiary/aromatic N) is 2. The van der Waals surface area contributed by atoms with Crippen molar-refractivity contribution >= 4 is 11.9 Å². The predicted molar refractivity (Wildman–Crippen MR) is 108 cm³/mol. The number of ether oxygens (including phenoxy) is 1. The van der Waals surface area contributed by atoms with Crippen LogP contribution in [-0.4, -0.2) is 72.1 Å². The number of amides is 1. The van der Waals surface area contributed by atoms with Gasteiger partial charge >= 0.3 is 12.1 Å². The van der Waals surface area contributed by atoms with E-state index in [-0.39, 0.29) is 12.0 Å². The van der Waals surface area contributed by atoms with Crippen molar-refractivity contribution in [3.05, 3.63) is 35.4 Å². The highest BCUT2D eigenvalue weighted by atomic mass is 19.4. The van der Waals surface area contributed by atoms with Gasteiger partial charge in [0.2, 0.25) is 5.91 Å². The molecule has 3 fully saturated rings. The van der Waals surface area contributed by atoms with Crippen LogP contribution in [0.15, 0.2) is 24.3 Å². The average Bonchev–Trinajstić information content (AvgIpc) is 3.38. The SMILES string of the molecule is Cc1cccc(CN2CC[C@@H]3[C@@H](CO[C@H]3CC(=O)N3CCCO3)C2)c1.O=C(O)C(F)(F)F. The number of aryl methyl sites for hydroxylation is 1. The highest BCUT2D eigenvalue weighted by Crippen LogP contribution is 2.36. The van der Waals surface area contributed by atoms with Gasteiger partial charge in [0.25, 0.3) is 0 Å². The number of carboxylic acids is 1. The van der Waals surface area contributed by atoms with Crippen LogP contribution in [0.1, 0.15) is 30.4 Å². The fourth-order valence-corrected chi connectivity index (χ4v) is 4.50. The zero-order chi connectivity index (χ0) is 23.3. The first-order valence-electron chi connectivity index (χ1n) is 10.8. The second-order valence-electron chi connectivity index (χ2n) is 8.50. The van der Waals surface area contributed by atoms with E-state index in [2.05, 4.69) is 36.1 Å². The maximum Gasteiger partial charge on any atom is 0.490 e. The molecule has 0 unspecified atom stereocenters. The van der Waals surface area contributed by atoms with Crippen molar-refractivity contribution in [2.45, 2.75) is 45.0 Å². The van der Waals surface area contributed by atoms with Gasteiger partial charge in [0, 0.05) is 19.0 Å². The number of carbonyl (C=O) groups excluding carboxylic acids is 1. The van der Waals surface area contributed by atoms with E-state index < -0.39 is 12.1 Å². The van der Waals surface area contributed by atoms with Crippen LogP contribution in [0.3, 0.4) is 0 Å². The van der Waals surface area contributed by atoms with Crippen molar-refractivity contribution in [3.63, 3.8) is 0 Å². The number of alkyl halides is 3. The number of hydrogen-bond donors (Lipinski definition) is 1. The van der Waals surface area contributed by atoms with Gasteiger partial charge in [-0.05, 0) is 37.8 Å². The lowest BCUT2D eigenvalue weighted by Crippen LogP contribution is -2.42. The van der Waals surface area contributed by atoms with Crippen LogP contribution in [0.25, 0.3) is 0 Å². The van der Waals surface area contributed by atoms with Crippen LogP contribution in [-0.2, 0) is 25.7 Å². The number of aliphatic carboxylic acids is 1. The van der Waals surface area contributed by atoms with Gasteiger partial charge < -0.3 is 9.84 Å². The van der Waals surface area contributed by atoms with Gasteiger partial charge in [0.15, 0.2) is 0 Å². The van der Waals surface area contributed by atoms with E-state index in [9.17, 15) is 18.0 Å². The third-order valence-electron chi connectivity index (χ3n) is 6.02. The van der Waals surface area contributed by atoms with Gasteiger partial charge in [-0.3, -0.25) is 14.5 Å². The molecule has 3 atom stereocenters. The Hall–Kier alpha value is -2.17. The summed E-state index contributed by atoms with van der Waals surface area (Å²) in [7, 11) is 0. The molecule has 7 nitrogen and oxygen atoms in total. The molecule has 10 heteroatoms. The topological polar surface area (TPSA) is 79.3 Å². The molecule has 1 N–H and O–H groups in total. The Balaban J connectivity index is 0.000000360. The smallest absolute Gasteiger partial charge is 0.475 e. The van der Waals surface area contributed by atoms with E-state index in [1.165, 1.54) is 16.2 Å². The zero-order valence-electron chi connectivity index (χ0n) is 18.0. The number of carbonyl (C=O) groups is 2. The van der Waals surface area contributed by atoms with E-state index in [1.807, 2.05) is 0 Å². The molecule has 3 aliphatic rings. The normalized spacial score (nSPS) is 25.8. The molecule has 0 aromatic heterocycles. The second-order valence-corrected chi connectivity index (χ2v) is 8.50. The molecule has 1 amide bonds. The number of fused-ring (bicyclic) bond motifs is 1. The van der Waals surface area contributed by atoms with Crippen molar-refractivity contribution in [1.82, 2.24) is 9.96 Å². The summed E-state index contributed by atoms with van der Waals surface area (Å²) >= 11 is 0. The summed E-state index contributed by atoms with van der Waals surface area (Å²) in [5.41, 5.74) is 2.70.